The highest BCUT2D eigenvalue weighted by Crippen LogP contribution is 2.45. The van der Waals surface area contributed by atoms with Crippen LogP contribution in [-0.4, -0.2) is 37.0 Å². The Morgan fingerprint density at radius 3 is 2.83 bits per heavy atom. The number of hydrogen-bond acceptors (Lipinski definition) is 6. The summed E-state index contributed by atoms with van der Waals surface area (Å²) < 4.78 is 7.83. The highest BCUT2D eigenvalue weighted by atomic mass is 32.2. The van der Waals surface area contributed by atoms with Crippen LogP contribution in [0.4, 0.5) is 5.82 Å². The van der Waals surface area contributed by atoms with Gasteiger partial charge in [0.05, 0.1) is 38.5 Å². The molecule has 1 N–H and O–H groups in total. The Morgan fingerprint density at radius 1 is 1.24 bits per heavy atom. The number of aliphatic imine (C=N–C) groups is 1. The van der Waals surface area contributed by atoms with E-state index in [0.717, 1.165) is 40.3 Å². The minimum Gasteiger partial charge on any atom is -0.375 e. The van der Waals surface area contributed by atoms with Gasteiger partial charge in [-0.3, -0.25) is 24.5 Å². The summed E-state index contributed by atoms with van der Waals surface area (Å²) in [6.07, 6.45) is 5.07. The second-order valence-electron chi connectivity index (χ2n) is 8.24. The normalized spacial score (nSPS) is 23.6. The lowest BCUT2D eigenvalue weighted by atomic mass is 9.94. The zero-order chi connectivity index (χ0) is 20.2. The van der Waals surface area contributed by atoms with Crippen LogP contribution < -0.4 is 5.56 Å². The van der Waals surface area contributed by atoms with Gasteiger partial charge in [0.25, 0.3) is 5.56 Å². The molecule has 29 heavy (non-hydrogen) atoms. The second-order valence-corrected chi connectivity index (χ2v) is 9.53. The van der Waals surface area contributed by atoms with E-state index >= 15 is 0 Å². The Bertz CT molecular complexity index is 1180. The van der Waals surface area contributed by atoms with Crippen molar-refractivity contribution in [1.82, 2.24) is 19.7 Å². The number of nitrogens with one attached hydrogen (secondary N) is 1. The molecule has 7 nitrogen and oxygen atoms in total. The van der Waals surface area contributed by atoms with E-state index in [9.17, 15) is 4.79 Å². The molecule has 4 heterocycles. The van der Waals surface area contributed by atoms with Gasteiger partial charge in [-0.2, -0.15) is 0 Å². The Kier molecular flexibility index (Phi) is 4.36. The first-order chi connectivity index (χ1) is 13.9. The number of thioether (sulfide) groups is 1. The molecule has 0 spiro atoms. The quantitative estimate of drug-likeness (QED) is 0.688. The molecule has 0 amide bonds. The maximum absolute atomic E-state index is 13.0. The second kappa shape index (κ2) is 6.81. The van der Waals surface area contributed by atoms with Crippen LogP contribution in [0.15, 0.2) is 40.4 Å². The third kappa shape index (κ3) is 3.30. The van der Waals surface area contributed by atoms with Crippen LogP contribution in [0.3, 0.4) is 0 Å². The summed E-state index contributed by atoms with van der Waals surface area (Å²) in [5.41, 5.74) is 3.14. The van der Waals surface area contributed by atoms with Crippen molar-refractivity contribution in [2.75, 3.05) is 6.61 Å². The van der Waals surface area contributed by atoms with E-state index in [4.69, 9.17) is 9.73 Å². The zero-order valence-corrected chi connectivity index (χ0v) is 17.5. The fourth-order valence-corrected chi connectivity index (χ4v) is 5.36. The summed E-state index contributed by atoms with van der Waals surface area (Å²) in [5, 5.41) is 3.90. The van der Waals surface area contributed by atoms with Gasteiger partial charge in [0, 0.05) is 19.0 Å². The fourth-order valence-electron chi connectivity index (χ4n) is 4.27. The van der Waals surface area contributed by atoms with Crippen LogP contribution in [0.5, 0.6) is 0 Å². The number of hydrogen-bond donors (Lipinski definition) is 1. The smallest absolute Gasteiger partial charge is 0.271 e. The number of aromatic amines is 1. The largest absolute Gasteiger partial charge is 0.375 e. The average Bonchev–Trinajstić information content (AvgIpc) is 3.02. The lowest BCUT2D eigenvalue weighted by Gasteiger charge is -2.36. The summed E-state index contributed by atoms with van der Waals surface area (Å²) >= 11 is 1.61. The predicted octanol–water partition coefficient (Wildman–Crippen LogP) is 4.14. The predicted molar refractivity (Wildman–Crippen MR) is 115 cm³/mol. The molecule has 1 aromatic carbocycles. The molecule has 0 aliphatic carbocycles. The summed E-state index contributed by atoms with van der Waals surface area (Å²) in [7, 11) is 0. The molecule has 1 saturated heterocycles. The maximum atomic E-state index is 13.0. The maximum Gasteiger partial charge on any atom is 0.271 e. The van der Waals surface area contributed by atoms with Crippen molar-refractivity contribution in [3.8, 4) is 0 Å². The zero-order valence-electron chi connectivity index (χ0n) is 16.7. The molecule has 0 radical (unpaired) electrons. The number of rotatable bonds is 2. The molecular formula is C21H23N5O2S. The van der Waals surface area contributed by atoms with Crippen molar-refractivity contribution >= 4 is 33.7 Å². The summed E-state index contributed by atoms with van der Waals surface area (Å²) in [6, 6.07) is 6.19. The molecule has 2 atom stereocenters. The van der Waals surface area contributed by atoms with Gasteiger partial charge < -0.3 is 4.74 Å². The average molecular weight is 410 g/mol. The molecule has 0 bridgehead atoms. The third-order valence-electron chi connectivity index (χ3n) is 5.58. The molecule has 8 heteroatoms. The summed E-state index contributed by atoms with van der Waals surface area (Å²) in [6.45, 7) is 6.86. The monoisotopic (exact) mass is 409 g/mol. The third-order valence-corrected chi connectivity index (χ3v) is 6.76. The number of aromatic nitrogens is 4. The molecule has 0 unspecified atom stereocenters. The molecular weight excluding hydrogens is 386 g/mol. The minimum atomic E-state index is -0.213. The Balaban J connectivity index is 1.61. The van der Waals surface area contributed by atoms with Crippen LogP contribution in [0.25, 0.3) is 11.0 Å². The van der Waals surface area contributed by atoms with Gasteiger partial charge in [0.1, 0.15) is 0 Å². The molecule has 0 saturated carbocycles. The van der Waals surface area contributed by atoms with Crippen molar-refractivity contribution in [2.24, 2.45) is 4.99 Å². The Labute approximate surface area is 172 Å². The van der Waals surface area contributed by atoms with Crippen molar-refractivity contribution in [2.45, 2.75) is 50.5 Å². The SMILES string of the molecule is CC1=Nc2c(c(=O)[nH]n2[C@H]2CCOC(C)(C)C2)[C@@H](c2ccc3nccnc3c2)S1. The van der Waals surface area contributed by atoms with Gasteiger partial charge in [-0.1, -0.05) is 17.8 Å². The number of benzene rings is 1. The standard InChI is InChI=1S/C21H23N5O2S/c1-12-24-19-17(20(27)25-26(19)14-6-9-28-21(2,3)11-14)18(29-12)13-4-5-15-16(10-13)23-8-7-22-15/h4-5,7-8,10,14,18H,6,9,11H2,1-3H3,(H,25,27)/t14-,18+/m0/s1. The van der Waals surface area contributed by atoms with E-state index in [0.29, 0.717) is 12.2 Å². The minimum absolute atomic E-state index is 0.0720. The van der Waals surface area contributed by atoms with Crippen molar-refractivity contribution in [3.05, 3.63) is 52.1 Å². The van der Waals surface area contributed by atoms with Gasteiger partial charge in [-0.15, -0.1) is 0 Å². The highest BCUT2D eigenvalue weighted by Gasteiger charge is 2.35. The van der Waals surface area contributed by atoms with E-state index in [1.54, 1.807) is 24.2 Å². The summed E-state index contributed by atoms with van der Waals surface area (Å²) in [4.78, 5) is 26.6. The molecule has 150 valence electrons. The van der Waals surface area contributed by atoms with Gasteiger partial charge >= 0.3 is 0 Å². The first-order valence-electron chi connectivity index (χ1n) is 9.82. The molecule has 2 aliphatic rings. The first-order valence-corrected chi connectivity index (χ1v) is 10.7. The molecule has 1 fully saturated rings. The number of fused-ring (bicyclic) bond motifs is 2. The topological polar surface area (TPSA) is 85.2 Å². The van der Waals surface area contributed by atoms with Gasteiger partial charge in [-0.25, -0.2) is 4.99 Å². The fraction of sp³-hybridized carbons (Fsp3) is 0.429. The van der Waals surface area contributed by atoms with Crippen LogP contribution in [0, 0.1) is 0 Å². The van der Waals surface area contributed by atoms with Crippen molar-refractivity contribution < 1.29 is 4.74 Å². The van der Waals surface area contributed by atoms with Crippen molar-refractivity contribution in [3.63, 3.8) is 0 Å². The van der Waals surface area contributed by atoms with Gasteiger partial charge in [0.15, 0.2) is 5.82 Å². The van der Waals surface area contributed by atoms with Crippen molar-refractivity contribution in [1.29, 1.82) is 0 Å². The summed E-state index contributed by atoms with van der Waals surface area (Å²) in [5.74, 6) is 0.748. The van der Waals surface area contributed by atoms with Gasteiger partial charge in [0.2, 0.25) is 0 Å². The molecule has 2 aliphatic heterocycles. The lowest BCUT2D eigenvalue weighted by Crippen LogP contribution is -2.35. The number of nitrogens with zero attached hydrogens (tertiary/aromatic N) is 4. The van der Waals surface area contributed by atoms with Gasteiger partial charge in [-0.05, 0) is 51.3 Å². The van der Waals surface area contributed by atoms with E-state index in [1.807, 2.05) is 29.8 Å². The lowest BCUT2D eigenvalue weighted by molar-refractivity contribution is -0.0705. The van der Waals surface area contributed by atoms with E-state index in [-0.39, 0.29) is 22.5 Å². The van der Waals surface area contributed by atoms with E-state index in [1.165, 1.54) is 0 Å². The Morgan fingerprint density at radius 2 is 2.03 bits per heavy atom. The molecule has 2 aromatic heterocycles. The van der Waals surface area contributed by atoms with E-state index in [2.05, 4.69) is 28.9 Å². The number of ether oxygens (including phenoxy) is 1. The molecule has 5 rings (SSSR count). The highest BCUT2D eigenvalue weighted by molar-refractivity contribution is 8.14. The van der Waals surface area contributed by atoms with Crippen LogP contribution in [-0.2, 0) is 4.74 Å². The van der Waals surface area contributed by atoms with E-state index < -0.39 is 0 Å². The molecule has 3 aromatic rings. The number of H-pyrrole nitrogens is 1. The first kappa shape index (κ1) is 18.6. The van der Waals surface area contributed by atoms with Crippen LogP contribution >= 0.6 is 11.8 Å². The van der Waals surface area contributed by atoms with Crippen LogP contribution in [0.2, 0.25) is 0 Å². The van der Waals surface area contributed by atoms with Crippen LogP contribution in [0.1, 0.15) is 56.0 Å². The Hall–Kier alpha value is -2.45.